The number of nitrogens with zero attached hydrogens (tertiary/aromatic N) is 2. The Labute approximate surface area is 162 Å². The summed E-state index contributed by atoms with van der Waals surface area (Å²) in [5.74, 6) is 2.15. The SMILES string of the molecule is O=C(C1CCCCCC1)N(CCN1CCCC1)Cc1cccc2c1OCO2. The second-order valence-electron chi connectivity index (χ2n) is 8.15. The van der Waals surface area contributed by atoms with Gasteiger partial charge in [-0.3, -0.25) is 4.79 Å². The van der Waals surface area contributed by atoms with E-state index >= 15 is 0 Å². The first-order valence-corrected chi connectivity index (χ1v) is 10.7. The Bertz CT molecular complexity index is 634. The summed E-state index contributed by atoms with van der Waals surface area (Å²) in [5.41, 5.74) is 1.06. The number of carbonyl (C=O) groups excluding carboxylic acids is 1. The van der Waals surface area contributed by atoms with Crippen LogP contribution in [-0.2, 0) is 11.3 Å². The summed E-state index contributed by atoms with van der Waals surface area (Å²) in [6.45, 7) is 5.02. The van der Waals surface area contributed by atoms with Gasteiger partial charge in [0.25, 0.3) is 0 Å². The van der Waals surface area contributed by atoms with Gasteiger partial charge in [0, 0.05) is 31.1 Å². The van der Waals surface area contributed by atoms with E-state index in [4.69, 9.17) is 9.47 Å². The maximum absolute atomic E-state index is 13.4. The molecule has 1 aliphatic carbocycles. The van der Waals surface area contributed by atoms with Gasteiger partial charge in [-0.15, -0.1) is 0 Å². The zero-order valence-corrected chi connectivity index (χ0v) is 16.3. The third kappa shape index (κ3) is 4.57. The monoisotopic (exact) mass is 372 g/mol. The van der Waals surface area contributed by atoms with Gasteiger partial charge in [0.05, 0.1) is 0 Å². The number of likely N-dealkylation sites (tertiary alicyclic amines) is 1. The van der Waals surface area contributed by atoms with Crippen molar-refractivity contribution in [1.29, 1.82) is 0 Å². The zero-order valence-electron chi connectivity index (χ0n) is 16.3. The second kappa shape index (κ2) is 8.96. The third-order valence-corrected chi connectivity index (χ3v) is 6.24. The van der Waals surface area contributed by atoms with E-state index in [1.54, 1.807) is 0 Å². The predicted molar refractivity (Wildman–Crippen MR) is 105 cm³/mol. The summed E-state index contributed by atoms with van der Waals surface area (Å²) in [5, 5.41) is 0. The van der Waals surface area contributed by atoms with Gasteiger partial charge in [0.2, 0.25) is 12.7 Å². The molecule has 1 saturated carbocycles. The quantitative estimate of drug-likeness (QED) is 0.712. The number of hydrogen-bond acceptors (Lipinski definition) is 4. The maximum Gasteiger partial charge on any atom is 0.231 e. The molecule has 3 aliphatic rings. The lowest BCUT2D eigenvalue weighted by molar-refractivity contribution is -0.136. The van der Waals surface area contributed by atoms with Crippen LogP contribution in [0.15, 0.2) is 18.2 Å². The van der Waals surface area contributed by atoms with Crippen LogP contribution in [-0.4, -0.2) is 48.7 Å². The lowest BCUT2D eigenvalue weighted by Crippen LogP contribution is -2.40. The van der Waals surface area contributed by atoms with Crippen LogP contribution in [0.3, 0.4) is 0 Å². The van der Waals surface area contributed by atoms with Crippen LogP contribution in [0, 0.1) is 5.92 Å². The highest BCUT2D eigenvalue weighted by Gasteiger charge is 2.28. The number of rotatable bonds is 6. The van der Waals surface area contributed by atoms with Crippen LogP contribution in [0.4, 0.5) is 0 Å². The van der Waals surface area contributed by atoms with E-state index in [2.05, 4.69) is 15.9 Å². The average molecular weight is 373 g/mol. The second-order valence-corrected chi connectivity index (χ2v) is 8.15. The van der Waals surface area contributed by atoms with Gasteiger partial charge in [0.1, 0.15) is 0 Å². The molecule has 27 heavy (non-hydrogen) atoms. The van der Waals surface area contributed by atoms with Crippen molar-refractivity contribution in [2.75, 3.05) is 33.0 Å². The molecule has 2 fully saturated rings. The molecule has 1 aromatic carbocycles. The smallest absolute Gasteiger partial charge is 0.231 e. The van der Waals surface area contributed by atoms with Crippen LogP contribution in [0.5, 0.6) is 11.5 Å². The van der Waals surface area contributed by atoms with Crippen molar-refractivity contribution < 1.29 is 14.3 Å². The molecule has 0 bridgehead atoms. The minimum absolute atomic E-state index is 0.194. The molecule has 1 amide bonds. The molecule has 0 spiro atoms. The molecule has 0 unspecified atom stereocenters. The van der Waals surface area contributed by atoms with E-state index < -0.39 is 0 Å². The van der Waals surface area contributed by atoms with Gasteiger partial charge in [-0.1, -0.05) is 37.8 Å². The number of hydrogen-bond donors (Lipinski definition) is 0. The van der Waals surface area contributed by atoms with Crippen LogP contribution in [0.1, 0.15) is 56.9 Å². The Kier molecular flexibility index (Phi) is 6.17. The van der Waals surface area contributed by atoms with Gasteiger partial charge in [-0.25, -0.2) is 0 Å². The van der Waals surface area contributed by atoms with Crippen molar-refractivity contribution in [2.24, 2.45) is 5.92 Å². The fraction of sp³-hybridized carbons (Fsp3) is 0.682. The van der Waals surface area contributed by atoms with Gasteiger partial charge < -0.3 is 19.3 Å². The summed E-state index contributed by atoms with van der Waals surface area (Å²) in [6.07, 6.45) is 9.59. The molecule has 0 N–H and O–H groups in total. The van der Waals surface area contributed by atoms with E-state index in [9.17, 15) is 4.79 Å². The normalized spacial score (nSPS) is 20.6. The van der Waals surface area contributed by atoms with Gasteiger partial charge >= 0.3 is 0 Å². The summed E-state index contributed by atoms with van der Waals surface area (Å²) in [4.78, 5) is 18.0. The molecule has 2 aliphatic heterocycles. The van der Waals surface area contributed by atoms with Crippen LogP contribution in [0.2, 0.25) is 0 Å². The van der Waals surface area contributed by atoms with Gasteiger partial charge in [0.15, 0.2) is 11.5 Å². The number of ether oxygens (including phenoxy) is 2. The summed E-state index contributed by atoms with van der Waals surface area (Å²) in [7, 11) is 0. The third-order valence-electron chi connectivity index (χ3n) is 6.24. The highest BCUT2D eigenvalue weighted by Crippen LogP contribution is 2.36. The topological polar surface area (TPSA) is 42.0 Å². The van der Waals surface area contributed by atoms with Crippen molar-refractivity contribution >= 4 is 5.91 Å². The Balaban J connectivity index is 1.48. The van der Waals surface area contributed by atoms with Crippen molar-refractivity contribution in [1.82, 2.24) is 9.80 Å². The van der Waals surface area contributed by atoms with Crippen molar-refractivity contribution in [3.05, 3.63) is 23.8 Å². The first-order valence-electron chi connectivity index (χ1n) is 10.7. The predicted octanol–water partition coefficient (Wildman–Crippen LogP) is 3.81. The van der Waals surface area contributed by atoms with Crippen LogP contribution >= 0.6 is 0 Å². The van der Waals surface area contributed by atoms with Crippen molar-refractivity contribution in [2.45, 2.75) is 57.9 Å². The average Bonchev–Trinajstić information content (AvgIpc) is 3.31. The molecule has 0 aromatic heterocycles. The van der Waals surface area contributed by atoms with E-state index in [1.165, 1.54) is 51.6 Å². The molecular formula is C22H32N2O3. The number of carbonyl (C=O) groups is 1. The number of benzene rings is 1. The standard InChI is InChI=1S/C22H32N2O3/c25-22(18-8-3-1-2-4-9-18)24(15-14-23-12-5-6-13-23)16-19-10-7-11-20-21(19)27-17-26-20/h7,10-11,18H,1-6,8-9,12-17H2. The van der Waals surface area contributed by atoms with Gasteiger partial charge in [-0.05, 0) is 44.8 Å². The molecule has 5 heteroatoms. The van der Waals surface area contributed by atoms with E-state index in [-0.39, 0.29) is 12.7 Å². The largest absolute Gasteiger partial charge is 0.454 e. The Morgan fingerprint density at radius 1 is 1.04 bits per heavy atom. The molecule has 1 saturated heterocycles. The van der Waals surface area contributed by atoms with Crippen LogP contribution < -0.4 is 9.47 Å². The molecule has 5 nitrogen and oxygen atoms in total. The number of amides is 1. The van der Waals surface area contributed by atoms with Gasteiger partial charge in [-0.2, -0.15) is 0 Å². The number of fused-ring (bicyclic) bond motifs is 1. The molecule has 1 aromatic rings. The first kappa shape index (κ1) is 18.6. The maximum atomic E-state index is 13.4. The lowest BCUT2D eigenvalue weighted by atomic mass is 9.98. The fourth-order valence-electron chi connectivity index (χ4n) is 4.64. The Hall–Kier alpha value is -1.75. The molecular weight excluding hydrogens is 340 g/mol. The highest BCUT2D eigenvalue weighted by molar-refractivity contribution is 5.79. The molecule has 2 heterocycles. The zero-order chi connectivity index (χ0) is 18.5. The minimum Gasteiger partial charge on any atom is -0.454 e. The van der Waals surface area contributed by atoms with E-state index in [0.717, 1.165) is 43.0 Å². The summed E-state index contributed by atoms with van der Waals surface area (Å²) >= 11 is 0. The summed E-state index contributed by atoms with van der Waals surface area (Å²) in [6, 6.07) is 6.00. The number of para-hydroxylation sites is 1. The lowest BCUT2D eigenvalue weighted by Gasteiger charge is -2.29. The summed E-state index contributed by atoms with van der Waals surface area (Å²) < 4.78 is 11.2. The van der Waals surface area contributed by atoms with Crippen molar-refractivity contribution in [3.8, 4) is 11.5 Å². The van der Waals surface area contributed by atoms with Crippen LogP contribution in [0.25, 0.3) is 0 Å². The molecule has 0 radical (unpaired) electrons. The molecule has 4 rings (SSSR count). The first-order chi connectivity index (χ1) is 13.3. The highest BCUT2D eigenvalue weighted by atomic mass is 16.7. The molecule has 148 valence electrons. The van der Waals surface area contributed by atoms with E-state index in [1.807, 2.05) is 12.1 Å². The fourth-order valence-corrected chi connectivity index (χ4v) is 4.64. The molecule has 0 atom stereocenters. The van der Waals surface area contributed by atoms with Crippen molar-refractivity contribution in [3.63, 3.8) is 0 Å². The van der Waals surface area contributed by atoms with E-state index in [0.29, 0.717) is 12.5 Å². The Morgan fingerprint density at radius 2 is 1.81 bits per heavy atom. The Morgan fingerprint density at radius 3 is 2.59 bits per heavy atom. The minimum atomic E-state index is 0.194.